The van der Waals surface area contributed by atoms with Crippen LogP contribution in [0.1, 0.15) is 19.8 Å². The minimum absolute atomic E-state index is 0.330. The first-order valence-corrected chi connectivity index (χ1v) is 5.80. The lowest BCUT2D eigenvalue weighted by Gasteiger charge is -2.21. The van der Waals surface area contributed by atoms with E-state index < -0.39 is 0 Å². The van der Waals surface area contributed by atoms with Gasteiger partial charge in [0.2, 0.25) is 0 Å². The van der Waals surface area contributed by atoms with Crippen LogP contribution in [0.3, 0.4) is 0 Å². The Kier molecular flexibility index (Phi) is 3.62. The fourth-order valence-electron chi connectivity index (χ4n) is 2.01. The highest BCUT2D eigenvalue weighted by molar-refractivity contribution is 5.54. The van der Waals surface area contributed by atoms with Gasteiger partial charge in [0.1, 0.15) is 0 Å². The summed E-state index contributed by atoms with van der Waals surface area (Å²) in [4.78, 5) is 4.17. The summed E-state index contributed by atoms with van der Waals surface area (Å²) in [7, 11) is 1.89. The van der Waals surface area contributed by atoms with E-state index in [2.05, 4.69) is 28.6 Å². The van der Waals surface area contributed by atoms with Crippen molar-refractivity contribution < 1.29 is 4.74 Å². The molecule has 1 fully saturated rings. The van der Waals surface area contributed by atoms with E-state index in [1.54, 1.807) is 0 Å². The molecule has 0 amide bonds. The van der Waals surface area contributed by atoms with Gasteiger partial charge in [-0.3, -0.25) is 4.98 Å². The van der Waals surface area contributed by atoms with Crippen molar-refractivity contribution in [1.29, 1.82) is 0 Å². The molecule has 2 rings (SSSR count). The van der Waals surface area contributed by atoms with E-state index in [4.69, 9.17) is 4.74 Å². The largest absolute Gasteiger partial charge is 0.387 e. The highest BCUT2D eigenvalue weighted by atomic mass is 16.5. The third kappa shape index (κ3) is 2.64. The molecule has 1 saturated heterocycles. The lowest BCUT2D eigenvalue weighted by Crippen LogP contribution is -2.30. The van der Waals surface area contributed by atoms with E-state index in [0.717, 1.165) is 24.4 Å². The van der Waals surface area contributed by atoms with Gasteiger partial charge >= 0.3 is 0 Å². The van der Waals surface area contributed by atoms with Gasteiger partial charge in [0.15, 0.2) is 0 Å². The van der Waals surface area contributed by atoms with Crippen molar-refractivity contribution >= 4 is 11.4 Å². The number of aromatic nitrogens is 1. The third-order valence-electron chi connectivity index (χ3n) is 2.94. The Morgan fingerprint density at radius 2 is 2.25 bits per heavy atom. The van der Waals surface area contributed by atoms with Gasteiger partial charge in [-0.05, 0) is 25.8 Å². The quantitative estimate of drug-likeness (QED) is 0.817. The van der Waals surface area contributed by atoms with E-state index in [9.17, 15) is 0 Å². The molecular formula is C12H19N3O. The third-order valence-corrected chi connectivity index (χ3v) is 2.94. The second-order valence-electron chi connectivity index (χ2n) is 4.20. The van der Waals surface area contributed by atoms with E-state index in [0.29, 0.717) is 12.1 Å². The molecule has 4 heteroatoms. The fraction of sp³-hybridized carbons (Fsp3) is 0.583. The first-order chi connectivity index (χ1) is 7.79. The van der Waals surface area contributed by atoms with Gasteiger partial charge in [-0.1, -0.05) is 0 Å². The van der Waals surface area contributed by atoms with Gasteiger partial charge in [-0.15, -0.1) is 0 Å². The molecule has 4 nitrogen and oxygen atoms in total. The Morgan fingerprint density at radius 1 is 1.44 bits per heavy atom. The highest BCUT2D eigenvalue weighted by Gasteiger charge is 2.22. The molecule has 2 atom stereocenters. The molecule has 1 aromatic heterocycles. The zero-order valence-corrected chi connectivity index (χ0v) is 9.86. The van der Waals surface area contributed by atoms with Crippen LogP contribution in [-0.2, 0) is 4.74 Å². The molecular weight excluding hydrogens is 202 g/mol. The smallest absolute Gasteiger partial charge is 0.0774 e. The van der Waals surface area contributed by atoms with Crippen LogP contribution in [-0.4, -0.2) is 30.8 Å². The maximum Gasteiger partial charge on any atom is 0.0774 e. The van der Waals surface area contributed by atoms with E-state index >= 15 is 0 Å². The van der Waals surface area contributed by atoms with Crippen LogP contribution in [0.5, 0.6) is 0 Å². The van der Waals surface area contributed by atoms with Gasteiger partial charge in [-0.25, -0.2) is 0 Å². The second-order valence-corrected chi connectivity index (χ2v) is 4.20. The van der Waals surface area contributed by atoms with Crippen LogP contribution in [0.15, 0.2) is 18.5 Å². The van der Waals surface area contributed by atoms with E-state index in [1.165, 1.54) is 6.42 Å². The van der Waals surface area contributed by atoms with Crippen molar-refractivity contribution in [3.63, 3.8) is 0 Å². The summed E-state index contributed by atoms with van der Waals surface area (Å²) in [5, 5.41) is 6.51. The zero-order chi connectivity index (χ0) is 11.4. The summed E-state index contributed by atoms with van der Waals surface area (Å²) in [5.74, 6) is 0. The molecule has 2 N–H and O–H groups in total. The predicted molar refractivity (Wildman–Crippen MR) is 65.8 cm³/mol. The van der Waals surface area contributed by atoms with Crippen LogP contribution >= 0.6 is 0 Å². The van der Waals surface area contributed by atoms with Gasteiger partial charge in [-0.2, -0.15) is 0 Å². The van der Waals surface area contributed by atoms with Crippen molar-refractivity contribution in [3.8, 4) is 0 Å². The van der Waals surface area contributed by atoms with E-state index in [1.807, 2.05) is 19.4 Å². The zero-order valence-electron chi connectivity index (χ0n) is 9.86. The summed E-state index contributed by atoms with van der Waals surface area (Å²) in [6.07, 6.45) is 6.30. The maximum absolute atomic E-state index is 5.64. The molecule has 0 aliphatic carbocycles. The van der Waals surface area contributed by atoms with Gasteiger partial charge in [0.25, 0.3) is 0 Å². The first kappa shape index (κ1) is 11.2. The van der Waals surface area contributed by atoms with Crippen LogP contribution < -0.4 is 10.6 Å². The van der Waals surface area contributed by atoms with Crippen molar-refractivity contribution in [3.05, 3.63) is 18.5 Å². The summed E-state index contributed by atoms with van der Waals surface area (Å²) < 4.78 is 5.64. The normalized spacial score (nSPS) is 21.8. The number of ether oxygens (including phenoxy) is 1. The molecule has 16 heavy (non-hydrogen) atoms. The molecule has 1 aliphatic heterocycles. The Hall–Kier alpha value is -1.29. The fourth-order valence-corrected chi connectivity index (χ4v) is 2.01. The van der Waals surface area contributed by atoms with Crippen molar-refractivity contribution in [1.82, 2.24) is 4.98 Å². The minimum Gasteiger partial charge on any atom is -0.387 e. The van der Waals surface area contributed by atoms with Crippen molar-refractivity contribution in [2.24, 2.45) is 0 Å². The molecule has 0 spiro atoms. The van der Waals surface area contributed by atoms with Crippen molar-refractivity contribution in [2.45, 2.75) is 31.9 Å². The lowest BCUT2D eigenvalue weighted by molar-refractivity contribution is 0.0996. The summed E-state index contributed by atoms with van der Waals surface area (Å²) in [5.41, 5.74) is 2.05. The van der Waals surface area contributed by atoms with Crippen molar-refractivity contribution in [2.75, 3.05) is 24.3 Å². The highest BCUT2D eigenvalue weighted by Crippen LogP contribution is 2.20. The Labute approximate surface area is 96.4 Å². The number of anilines is 2. The monoisotopic (exact) mass is 221 g/mol. The average molecular weight is 221 g/mol. The maximum atomic E-state index is 5.64. The molecule has 2 heterocycles. The molecule has 0 radical (unpaired) electrons. The second kappa shape index (κ2) is 5.16. The molecule has 0 bridgehead atoms. The molecule has 1 aromatic rings. The van der Waals surface area contributed by atoms with Crippen LogP contribution in [0.25, 0.3) is 0 Å². The number of nitrogens with zero attached hydrogens (tertiary/aromatic N) is 1. The molecule has 0 aromatic carbocycles. The average Bonchev–Trinajstić information content (AvgIpc) is 2.83. The SMILES string of the molecule is CNc1cncc(NC(C)C2CCCO2)c1. The minimum atomic E-state index is 0.330. The van der Waals surface area contributed by atoms with Crippen LogP contribution in [0.4, 0.5) is 11.4 Å². The topological polar surface area (TPSA) is 46.2 Å². The Morgan fingerprint density at radius 3 is 2.94 bits per heavy atom. The number of hydrogen-bond acceptors (Lipinski definition) is 4. The molecule has 88 valence electrons. The Bertz CT molecular complexity index is 337. The van der Waals surface area contributed by atoms with Gasteiger partial charge < -0.3 is 15.4 Å². The number of rotatable bonds is 4. The molecule has 0 saturated carbocycles. The number of nitrogens with one attached hydrogen (secondary N) is 2. The van der Waals surface area contributed by atoms with Crippen LogP contribution in [0.2, 0.25) is 0 Å². The van der Waals surface area contributed by atoms with E-state index in [-0.39, 0.29) is 0 Å². The summed E-state index contributed by atoms with van der Waals surface area (Å²) in [6, 6.07) is 2.38. The molecule has 2 unspecified atom stereocenters. The number of hydrogen-bond donors (Lipinski definition) is 2. The lowest BCUT2D eigenvalue weighted by atomic mass is 10.1. The predicted octanol–water partition coefficient (Wildman–Crippen LogP) is 2.10. The van der Waals surface area contributed by atoms with Gasteiger partial charge in [0, 0.05) is 19.7 Å². The summed E-state index contributed by atoms with van der Waals surface area (Å²) in [6.45, 7) is 3.05. The number of pyridine rings is 1. The Balaban J connectivity index is 1.96. The van der Waals surface area contributed by atoms with Crippen LogP contribution in [0, 0.1) is 0 Å². The van der Waals surface area contributed by atoms with Gasteiger partial charge in [0.05, 0.1) is 29.9 Å². The standard InChI is InChI=1S/C12H19N3O/c1-9(12-4-3-5-16-12)15-11-6-10(13-2)7-14-8-11/h6-9,12-13,15H,3-5H2,1-2H3. The summed E-state index contributed by atoms with van der Waals surface area (Å²) >= 11 is 0. The first-order valence-electron chi connectivity index (χ1n) is 5.80. The molecule has 1 aliphatic rings.